The zero-order valence-electron chi connectivity index (χ0n) is 14.3. The fourth-order valence-corrected chi connectivity index (χ4v) is 3.28. The first kappa shape index (κ1) is 18.7. The van der Waals surface area contributed by atoms with Gasteiger partial charge in [-0.2, -0.15) is 4.98 Å². The van der Waals surface area contributed by atoms with Gasteiger partial charge in [-0.15, -0.1) is 0 Å². The van der Waals surface area contributed by atoms with Crippen LogP contribution < -0.4 is 4.74 Å². The van der Waals surface area contributed by atoms with Crippen LogP contribution in [-0.2, 0) is 0 Å². The summed E-state index contributed by atoms with van der Waals surface area (Å²) in [6.45, 7) is 0. The van der Waals surface area contributed by atoms with Gasteiger partial charge in [-0.1, -0.05) is 46.9 Å². The van der Waals surface area contributed by atoms with Gasteiger partial charge in [0.2, 0.25) is 0 Å². The van der Waals surface area contributed by atoms with Gasteiger partial charge in [-0.3, -0.25) is 4.98 Å². The molecule has 4 rings (SSSR count). The monoisotopic (exact) mass is 427 g/mol. The molecule has 0 saturated heterocycles. The first-order chi connectivity index (χ1) is 13.6. The number of hydrogen-bond donors (Lipinski definition) is 0. The highest BCUT2D eigenvalue weighted by Gasteiger charge is 2.16. The van der Waals surface area contributed by atoms with Crippen LogP contribution in [-0.4, -0.2) is 15.0 Å². The summed E-state index contributed by atoms with van der Waals surface area (Å²) in [6.07, 6.45) is 4.95. The molecule has 0 atom stereocenters. The maximum absolute atomic E-state index is 6.44. The second-order valence-electron chi connectivity index (χ2n) is 5.84. The lowest BCUT2D eigenvalue weighted by Gasteiger charge is -2.12. The molecular weight excluding hydrogens is 417 g/mol. The fourth-order valence-electron chi connectivity index (χ4n) is 2.66. The van der Waals surface area contributed by atoms with Crippen molar-refractivity contribution in [1.29, 1.82) is 0 Å². The van der Waals surface area contributed by atoms with E-state index >= 15 is 0 Å². The van der Waals surface area contributed by atoms with Crippen LogP contribution in [0.2, 0.25) is 15.1 Å². The third-order valence-electron chi connectivity index (χ3n) is 3.95. The molecule has 2 aromatic carbocycles. The van der Waals surface area contributed by atoms with Crippen molar-refractivity contribution in [2.75, 3.05) is 0 Å². The van der Waals surface area contributed by atoms with Gasteiger partial charge < -0.3 is 4.74 Å². The van der Waals surface area contributed by atoms with Crippen LogP contribution in [0.25, 0.3) is 22.4 Å². The van der Waals surface area contributed by atoms with E-state index in [-0.39, 0.29) is 6.01 Å². The van der Waals surface area contributed by atoms with Crippen molar-refractivity contribution in [2.24, 2.45) is 0 Å². The predicted molar refractivity (Wildman–Crippen MR) is 112 cm³/mol. The molecule has 2 aromatic heterocycles. The van der Waals surface area contributed by atoms with E-state index in [0.717, 1.165) is 16.7 Å². The highest BCUT2D eigenvalue weighted by atomic mass is 35.5. The molecule has 0 amide bonds. The van der Waals surface area contributed by atoms with E-state index in [0.29, 0.717) is 26.5 Å². The molecular formula is C21H12Cl3N3O. The topological polar surface area (TPSA) is 47.9 Å². The van der Waals surface area contributed by atoms with Crippen molar-refractivity contribution < 1.29 is 4.74 Å². The molecule has 28 heavy (non-hydrogen) atoms. The Bertz CT molecular complexity index is 1120. The molecule has 0 N–H and O–H groups in total. The van der Waals surface area contributed by atoms with Crippen molar-refractivity contribution in [3.8, 4) is 34.1 Å². The molecule has 0 aliphatic carbocycles. The SMILES string of the molecule is Clc1ccc(-c2cnc(Oc3cccnc3)nc2-c2ccc(Cl)cc2Cl)cc1. The molecule has 0 radical (unpaired) electrons. The molecule has 4 nitrogen and oxygen atoms in total. The molecule has 0 aliphatic heterocycles. The summed E-state index contributed by atoms with van der Waals surface area (Å²) in [7, 11) is 0. The first-order valence-electron chi connectivity index (χ1n) is 8.26. The van der Waals surface area contributed by atoms with Gasteiger partial charge in [0.25, 0.3) is 0 Å². The maximum atomic E-state index is 6.44. The number of hydrogen-bond acceptors (Lipinski definition) is 4. The number of nitrogens with zero attached hydrogens (tertiary/aromatic N) is 3. The lowest BCUT2D eigenvalue weighted by atomic mass is 10.0. The largest absolute Gasteiger partial charge is 0.423 e. The summed E-state index contributed by atoms with van der Waals surface area (Å²) in [5.41, 5.74) is 3.03. The third-order valence-corrected chi connectivity index (χ3v) is 4.75. The average Bonchev–Trinajstić information content (AvgIpc) is 2.70. The number of pyridine rings is 1. The van der Waals surface area contributed by atoms with E-state index < -0.39 is 0 Å². The van der Waals surface area contributed by atoms with Crippen LogP contribution in [0.15, 0.2) is 73.2 Å². The summed E-state index contributed by atoms with van der Waals surface area (Å²) >= 11 is 18.5. The second-order valence-corrected chi connectivity index (χ2v) is 7.12. The maximum Gasteiger partial charge on any atom is 0.322 e. The Morgan fingerprint density at radius 2 is 1.57 bits per heavy atom. The molecule has 0 fully saturated rings. The Balaban J connectivity index is 1.85. The van der Waals surface area contributed by atoms with Gasteiger partial charge in [0.1, 0.15) is 5.75 Å². The van der Waals surface area contributed by atoms with Gasteiger partial charge in [0.05, 0.1) is 16.9 Å². The minimum atomic E-state index is 0.187. The highest BCUT2D eigenvalue weighted by molar-refractivity contribution is 6.36. The van der Waals surface area contributed by atoms with E-state index in [4.69, 9.17) is 39.5 Å². The number of rotatable bonds is 4. The van der Waals surface area contributed by atoms with Gasteiger partial charge in [0.15, 0.2) is 0 Å². The molecule has 0 unspecified atom stereocenters. The average molecular weight is 429 g/mol. The van der Waals surface area contributed by atoms with E-state index in [1.807, 2.05) is 30.3 Å². The summed E-state index contributed by atoms with van der Waals surface area (Å²) in [5.74, 6) is 0.537. The predicted octanol–water partition coefficient (Wildman–Crippen LogP) is 6.96. The van der Waals surface area contributed by atoms with Crippen LogP contribution >= 0.6 is 34.8 Å². The van der Waals surface area contributed by atoms with Gasteiger partial charge >= 0.3 is 6.01 Å². The smallest absolute Gasteiger partial charge is 0.322 e. The van der Waals surface area contributed by atoms with Crippen LogP contribution in [0, 0.1) is 0 Å². The molecule has 0 saturated carbocycles. The van der Waals surface area contributed by atoms with Gasteiger partial charge in [0, 0.05) is 33.6 Å². The summed E-state index contributed by atoms with van der Waals surface area (Å²) in [4.78, 5) is 13.0. The van der Waals surface area contributed by atoms with Gasteiger partial charge in [-0.25, -0.2) is 4.98 Å². The number of ether oxygens (including phenoxy) is 1. The molecule has 0 aliphatic rings. The standard InChI is InChI=1S/C21H12Cl3N3O/c22-14-5-3-13(4-6-14)18-12-26-21(28-16-2-1-9-25-11-16)27-20(18)17-8-7-15(23)10-19(17)24/h1-12H. The van der Waals surface area contributed by atoms with Gasteiger partial charge in [-0.05, 0) is 48.0 Å². The minimum Gasteiger partial charge on any atom is -0.423 e. The number of benzene rings is 2. The summed E-state index contributed by atoms with van der Waals surface area (Å²) in [5, 5.41) is 1.67. The molecule has 4 aromatic rings. The Morgan fingerprint density at radius 3 is 2.29 bits per heavy atom. The van der Waals surface area contributed by atoms with Crippen molar-refractivity contribution in [2.45, 2.75) is 0 Å². The molecule has 0 spiro atoms. The van der Waals surface area contributed by atoms with E-state index in [1.165, 1.54) is 0 Å². The Labute approximate surface area is 176 Å². The number of aromatic nitrogens is 3. The van der Waals surface area contributed by atoms with E-state index in [1.54, 1.807) is 42.9 Å². The van der Waals surface area contributed by atoms with E-state index in [9.17, 15) is 0 Å². The lowest BCUT2D eigenvalue weighted by molar-refractivity contribution is 0.441. The van der Waals surface area contributed by atoms with Crippen molar-refractivity contribution in [3.63, 3.8) is 0 Å². The van der Waals surface area contributed by atoms with Crippen LogP contribution in [0.4, 0.5) is 0 Å². The second kappa shape index (κ2) is 8.15. The third kappa shape index (κ3) is 4.09. The van der Waals surface area contributed by atoms with Crippen LogP contribution in [0.5, 0.6) is 11.8 Å². The first-order valence-corrected chi connectivity index (χ1v) is 9.40. The normalized spacial score (nSPS) is 10.7. The zero-order chi connectivity index (χ0) is 19.5. The Hall–Kier alpha value is -2.66. The molecule has 7 heteroatoms. The minimum absolute atomic E-state index is 0.187. The van der Waals surface area contributed by atoms with Crippen molar-refractivity contribution >= 4 is 34.8 Å². The van der Waals surface area contributed by atoms with Crippen molar-refractivity contribution in [3.05, 3.63) is 88.3 Å². The van der Waals surface area contributed by atoms with Crippen molar-refractivity contribution in [1.82, 2.24) is 15.0 Å². The molecule has 2 heterocycles. The Kier molecular flexibility index (Phi) is 5.44. The molecule has 0 bridgehead atoms. The number of halogens is 3. The molecule has 138 valence electrons. The fraction of sp³-hybridized carbons (Fsp3) is 0. The zero-order valence-corrected chi connectivity index (χ0v) is 16.6. The van der Waals surface area contributed by atoms with Crippen LogP contribution in [0.1, 0.15) is 0 Å². The quantitative estimate of drug-likeness (QED) is 0.352. The summed E-state index contributed by atoms with van der Waals surface area (Å²) in [6, 6.07) is 16.4. The van der Waals surface area contributed by atoms with E-state index in [2.05, 4.69) is 15.0 Å². The van der Waals surface area contributed by atoms with Crippen LogP contribution in [0.3, 0.4) is 0 Å². The Morgan fingerprint density at radius 1 is 0.786 bits per heavy atom. The highest BCUT2D eigenvalue weighted by Crippen LogP contribution is 2.37. The summed E-state index contributed by atoms with van der Waals surface area (Å²) < 4.78 is 5.74. The lowest BCUT2D eigenvalue weighted by Crippen LogP contribution is -1.97.